The van der Waals surface area contributed by atoms with Crippen LogP contribution in [0.3, 0.4) is 0 Å². The normalized spacial score (nSPS) is 35.7. The Labute approximate surface area is 110 Å². The van der Waals surface area contributed by atoms with E-state index in [1.165, 1.54) is 32.0 Å². The molecule has 0 saturated heterocycles. The van der Waals surface area contributed by atoms with Crippen molar-refractivity contribution in [2.75, 3.05) is 0 Å². The average molecular weight is 234 g/mol. The van der Waals surface area contributed by atoms with Crippen molar-refractivity contribution in [1.29, 1.82) is 0 Å². The zero-order valence-electron chi connectivity index (χ0n) is 12.8. The Morgan fingerprint density at radius 2 is 1.94 bits per heavy atom. The second-order valence-electron chi connectivity index (χ2n) is 7.09. The smallest absolute Gasteiger partial charge is 0.0885 e. The van der Waals surface area contributed by atoms with Gasteiger partial charge in [-0.05, 0) is 48.3 Å². The van der Waals surface area contributed by atoms with Crippen LogP contribution in [-0.4, -0.2) is 7.85 Å². The Balaban J connectivity index is 3.03. The molecule has 0 aromatic carbocycles. The third-order valence-corrected chi connectivity index (χ3v) is 5.82. The number of hydrogen-bond donors (Lipinski definition) is 0. The quantitative estimate of drug-likeness (QED) is 0.488. The van der Waals surface area contributed by atoms with E-state index in [-0.39, 0.29) is 0 Å². The van der Waals surface area contributed by atoms with Crippen molar-refractivity contribution in [3.05, 3.63) is 12.2 Å². The predicted molar refractivity (Wildman–Crippen MR) is 81.2 cm³/mol. The van der Waals surface area contributed by atoms with Crippen molar-refractivity contribution in [3.63, 3.8) is 0 Å². The SMILES string of the molecule is BCC(C)C1(C)CC=CCCCC(C)(C)C1C. The third kappa shape index (κ3) is 3.17. The Morgan fingerprint density at radius 3 is 2.53 bits per heavy atom. The van der Waals surface area contributed by atoms with E-state index in [2.05, 4.69) is 54.6 Å². The van der Waals surface area contributed by atoms with E-state index < -0.39 is 0 Å². The highest BCUT2D eigenvalue weighted by Gasteiger charge is 2.42. The van der Waals surface area contributed by atoms with Crippen molar-refractivity contribution >= 4 is 7.85 Å². The summed E-state index contributed by atoms with van der Waals surface area (Å²) in [6, 6.07) is 0. The van der Waals surface area contributed by atoms with E-state index in [1.54, 1.807) is 0 Å². The average Bonchev–Trinajstić information content (AvgIpc) is 2.34. The molecule has 3 unspecified atom stereocenters. The van der Waals surface area contributed by atoms with Crippen LogP contribution in [0.25, 0.3) is 0 Å². The summed E-state index contributed by atoms with van der Waals surface area (Å²) in [7, 11) is 2.34. The molecule has 0 nitrogen and oxygen atoms in total. The van der Waals surface area contributed by atoms with Gasteiger partial charge in [0.1, 0.15) is 7.85 Å². The van der Waals surface area contributed by atoms with Crippen LogP contribution in [0.4, 0.5) is 0 Å². The van der Waals surface area contributed by atoms with Gasteiger partial charge in [-0.15, -0.1) is 0 Å². The van der Waals surface area contributed by atoms with Gasteiger partial charge in [-0.2, -0.15) is 0 Å². The Hall–Kier alpha value is -0.195. The summed E-state index contributed by atoms with van der Waals surface area (Å²) in [5, 5.41) is 0. The topological polar surface area (TPSA) is 0 Å². The summed E-state index contributed by atoms with van der Waals surface area (Å²) in [6.07, 6.45) is 11.4. The standard InChI is InChI=1S/C16H31B/c1-13(12-17)16(5)11-9-7-6-8-10-15(3,4)14(16)2/h7,9,13-14H,6,8,10-12,17H2,1-5H3. The summed E-state index contributed by atoms with van der Waals surface area (Å²) in [5.74, 6) is 1.59. The van der Waals surface area contributed by atoms with Gasteiger partial charge in [-0.1, -0.05) is 53.1 Å². The first-order valence-corrected chi connectivity index (χ1v) is 7.49. The molecular formula is C16H31B. The van der Waals surface area contributed by atoms with E-state index in [0.29, 0.717) is 10.8 Å². The molecule has 1 heteroatoms. The van der Waals surface area contributed by atoms with Gasteiger partial charge in [0, 0.05) is 0 Å². The van der Waals surface area contributed by atoms with Crippen LogP contribution >= 0.6 is 0 Å². The highest BCUT2D eigenvalue weighted by molar-refractivity contribution is 6.08. The molecule has 0 spiro atoms. The lowest BCUT2D eigenvalue weighted by molar-refractivity contribution is 0.0293. The minimum Gasteiger partial charge on any atom is -0.0885 e. The molecule has 1 aliphatic rings. The summed E-state index contributed by atoms with van der Waals surface area (Å²) in [4.78, 5) is 0. The maximum atomic E-state index is 2.52. The summed E-state index contributed by atoms with van der Waals surface area (Å²) >= 11 is 0. The van der Waals surface area contributed by atoms with Crippen molar-refractivity contribution in [2.45, 2.75) is 66.6 Å². The van der Waals surface area contributed by atoms with E-state index in [1.807, 2.05) is 0 Å². The summed E-state index contributed by atoms with van der Waals surface area (Å²) in [5.41, 5.74) is 0.934. The maximum Gasteiger partial charge on any atom is 0.101 e. The van der Waals surface area contributed by atoms with Crippen LogP contribution in [-0.2, 0) is 0 Å². The first kappa shape index (κ1) is 14.9. The Bertz CT molecular complexity index is 267. The zero-order chi connectivity index (χ0) is 13.1. The second kappa shape index (κ2) is 5.63. The predicted octanol–water partition coefficient (Wildman–Crippen LogP) is 4.47. The fraction of sp³-hybridized carbons (Fsp3) is 0.875. The van der Waals surface area contributed by atoms with Crippen LogP contribution in [0.15, 0.2) is 12.2 Å². The molecule has 0 aromatic rings. The van der Waals surface area contributed by atoms with Crippen LogP contribution in [0.5, 0.6) is 0 Å². The molecule has 3 atom stereocenters. The van der Waals surface area contributed by atoms with Gasteiger partial charge in [0.05, 0.1) is 0 Å². The molecule has 0 fully saturated rings. The number of hydrogen-bond acceptors (Lipinski definition) is 0. The lowest BCUT2D eigenvalue weighted by Gasteiger charge is -2.48. The van der Waals surface area contributed by atoms with Crippen molar-refractivity contribution in [1.82, 2.24) is 0 Å². The molecule has 0 bridgehead atoms. The van der Waals surface area contributed by atoms with Gasteiger partial charge >= 0.3 is 0 Å². The highest BCUT2D eigenvalue weighted by atomic mass is 14.5. The minimum absolute atomic E-state index is 0.457. The second-order valence-corrected chi connectivity index (χ2v) is 7.09. The van der Waals surface area contributed by atoms with Gasteiger partial charge in [0.25, 0.3) is 0 Å². The molecule has 0 saturated carbocycles. The Kier molecular flexibility index (Phi) is 4.92. The Morgan fingerprint density at radius 1 is 1.29 bits per heavy atom. The number of rotatable bonds is 2. The largest absolute Gasteiger partial charge is 0.101 e. The molecule has 98 valence electrons. The van der Waals surface area contributed by atoms with Crippen LogP contribution < -0.4 is 0 Å². The molecule has 0 amide bonds. The van der Waals surface area contributed by atoms with Crippen molar-refractivity contribution in [3.8, 4) is 0 Å². The monoisotopic (exact) mass is 234 g/mol. The van der Waals surface area contributed by atoms with Gasteiger partial charge in [0.15, 0.2) is 0 Å². The first-order valence-electron chi connectivity index (χ1n) is 7.49. The molecule has 0 aromatic heterocycles. The van der Waals surface area contributed by atoms with Gasteiger partial charge in [0.2, 0.25) is 0 Å². The molecule has 0 aliphatic heterocycles. The summed E-state index contributed by atoms with van der Waals surface area (Å²) < 4.78 is 0. The molecule has 0 heterocycles. The van der Waals surface area contributed by atoms with Gasteiger partial charge in [-0.3, -0.25) is 0 Å². The zero-order valence-corrected chi connectivity index (χ0v) is 12.8. The maximum absolute atomic E-state index is 2.52. The molecule has 1 rings (SSSR count). The fourth-order valence-corrected chi connectivity index (χ4v) is 3.51. The molecular weight excluding hydrogens is 203 g/mol. The van der Waals surface area contributed by atoms with Gasteiger partial charge in [-0.25, -0.2) is 0 Å². The lowest BCUT2D eigenvalue weighted by atomic mass is 9.56. The van der Waals surface area contributed by atoms with Crippen LogP contribution in [0, 0.1) is 22.7 Å². The third-order valence-electron chi connectivity index (χ3n) is 5.82. The van der Waals surface area contributed by atoms with Crippen LogP contribution in [0.1, 0.15) is 60.3 Å². The summed E-state index contributed by atoms with van der Waals surface area (Å²) in [6.45, 7) is 12.4. The van der Waals surface area contributed by atoms with E-state index >= 15 is 0 Å². The minimum atomic E-state index is 0.457. The van der Waals surface area contributed by atoms with E-state index in [0.717, 1.165) is 11.8 Å². The number of allylic oxidation sites excluding steroid dienone is 2. The van der Waals surface area contributed by atoms with Gasteiger partial charge < -0.3 is 0 Å². The van der Waals surface area contributed by atoms with E-state index in [4.69, 9.17) is 0 Å². The highest BCUT2D eigenvalue weighted by Crippen LogP contribution is 2.50. The van der Waals surface area contributed by atoms with E-state index in [9.17, 15) is 0 Å². The van der Waals surface area contributed by atoms with Crippen LogP contribution in [0.2, 0.25) is 6.32 Å². The molecule has 17 heavy (non-hydrogen) atoms. The molecule has 0 N–H and O–H groups in total. The molecule has 0 radical (unpaired) electrons. The van der Waals surface area contributed by atoms with Crippen molar-refractivity contribution in [2.24, 2.45) is 22.7 Å². The fourth-order valence-electron chi connectivity index (χ4n) is 3.51. The lowest BCUT2D eigenvalue weighted by Crippen LogP contribution is -2.40. The first-order chi connectivity index (χ1) is 7.84. The van der Waals surface area contributed by atoms with Crippen molar-refractivity contribution < 1.29 is 0 Å². The molecule has 1 aliphatic carbocycles.